The molecule has 4 nitrogen and oxygen atoms in total. The highest BCUT2D eigenvalue weighted by molar-refractivity contribution is 6.30. The monoisotopic (exact) mass is 327 g/mol. The fraction of sp³-hybridized carbons (Fsp3) is 0.133. The van der Waals surface area contributed by atoms with E-state index in [0.29, 0.717) is 18.1 Å². The van der Waals surface area contributed by atoms with Gasteiger partial charge in [-0.1, -0.05) is 23.7 Å². The van der Waals surface area contributed by atoms with Crippen LogP contribution in [0.1, 0.15) is 21.5 Å². The number of aromatic hydroxyl groups is 1. The summed E-state index contributed by atoms with van der Waals surface area (Å²) in [5, 5.41) is 22.2. The first kappa shape index (κ1) is 17.3. The maximum Gasteiger partial charge on any atom is 0.335 e. The number of phenols is 1. The molecule has 0 aromatic heterocycles. The van der Waals surface area contributed by atoms with Crippen molar-refractivity contribution in [1.82, 2.24) is 5.32 Å². The van der Waals surface area contributed by atoms with Crippen LogP contribution in [0.2, 0.25) is 5.02 Å². The van der Waals surface area contributed by atoms with Gasteiger partial charge in [-0.05, 0) is 35.9 Å². The van der Waals surface area contributed by atoms with Gasteiger partial charge in [0, 0.05) is 23.7 Å². The molecule has 0 bridgehead atoms. The zero-order valence-corrected chi connectivity index (χ0v) is 12.6. The lowest BCUT2D eigenvalue weighted by Crippen LogP contribution is -2.13. The molecule has 112 valence electrons. The summed E-state index contributed by atoms with van der Waals surface area (Å²) in [6.07, 6.45) is 0. The Bertz CT molecular complexity index is 615. The second-order valence-corrected chi connectivity index (χ2v) is 4.82. The molecule has 0 unspecified atom stereocenters. The average Bonchev–Trinajstić information content (AvgIpc) is 2.43. The van der Waals surface area contributed by atoms with Gasteiger partial charge in [0.05, 0.1) is 5.56 Å². The zero-order chi connectivity index (χ0) is 14.5. The summed E-state index contributed by atoms with van der Waals surface area (Å²) in [5.41, 5.74) is 1.96. The van der Waals surface area contributed by atoms with Gasteiger partial charge in [0.25, 0.3) is 0 Å². The maximum absolute atomic E-state index is 10.7. The van der Waals surface area contributed by atoms with Crippen LogP contribution in [-0.2, 0) is 13.1 Å². The van der Waals surface area contributed by atoms with Crippen molar-refractivity contribution in [3.05, 3.63) is 64.2 Å². The van der Waals surface area contributed by atoms with Crippen molar-refractivity contribution in [2.45, 2.75) is 13.1 Å². The number of hydrogen-bond acceptors (Lipinski definition) is 3. The smallest absolute Gasteiger partial charge is 0.335 e. The Balaban J connectivity index is 0.00000220. The predicted octanol–water partition coefficient (Wildman–Crippen LogP) is 3.46. The summed E-state index contributed by atoms with van der Waals surface area (Å²) < 4.78 is 0. The number of halogens is 2. The van der Waals surface area contributed by atoms with E-state index in [4.69, 9.17) is 16.7 Å². The van der Waals surface area contributed by atoms with Crippen molar-refractivity contribution in [2.24, 2.45) is 0 Å². The molecule has 2 aromatic carbocycles. The van der Waals surface area contributed by atoms with Crippen LogP contribution >= 0.6 is 24.0 Å². The maximum atomic E-state index is 10.7. The summed E-state index contributed by atoms with van der Waals surface area (Å²) in [5.74, 6) is -0.739. The van der Waals surface area contributed by atoms with E-state index in [0.717, 1.165) is 11.1 Å². The first-order valence-corrected chi connectivity index (χ1v) is 6.44. The molecule has 21 heavy (non-hydrogen) atoms. The van der Waals surface area contributed by atoms with E-state index in [1.165, 1.54) is 0 Å². The number of carboxylic acid groups (broad SMARTS) is 1. The minimum atomic E-state index is -0.937. The molecular formula is C15H15Cl2NO3. The van der Waals surface area contributed by atoms with Crippen LogP contribution < -0.4 is 5.32 Å². The molecule has 2 aromatic rings. The third-order valence-electron chi connectivity index (χ3n) is 2.89. The van der Waals surface area contributed by atoms with E-state index in [1.807, 2.05) is 0 Å². The molecule has 0 saturated carbocycles. The molecule has 0 spiro atoms. The molecule has 2 rings (SSSR count). The molecule has 0 fully saturated rings. The quantitative estimate of drug-likeness (QED) is 0.786. The molecule has 0 aliphatic carbocycles. The van der Waals surface area contributed by atoms with Gasteiger partial charge in [0.15, 0.2) is 0 Å². The van der Waals surface area contributed by atoms with E-state index >= 15 is 0 Å². The lowest BCUT2D eigenvalue weighted by atomic mass is 10.1. The van der Waals surface area contributed by atoms with Gasteiger partial charge in [0.1, 0.15) is 5.75 Å². The Kier molecular flexibility index (Phi) is 6.49. The second-order valence-electron chi connectivity index (χ2n) is 4.38. The van der Waals surface area contributed by atoms with Gasteiger partial charge < -0.3 is 15.5 Å². The summed E-state index contributed by atoms with van der Waals surface area (Å²) in [4.78, 5) is 10.7. The minimum Gasteiger partial charge on any atom is -0.508 e. The largest absolute Gasteiger partial charge is 0.508 e. The summed E-state index contributed by atoms with van der Waals surface area (Å²) in [6, 6.07) is 11.5. The topological polar surface area (TPSA) is 69.6 Å². The molecule has 0 radical (unpaired) electrons. The molecule has 0 aliphatic rings. The number of carbonyl (C=O) groups is 1. The summed E-state index contributed by atoms with van der Waals surface area (Å²) >= 11 is 5.87. The first-order valence-electron chi connectivity index (χ1n) is 6.06. The lowest BCUT2D eigenvalue weighted by molar-refractivity contribution is 0.0697. The van der Waals surface area contributed by atoms with E-state index in [2.05, 4.69) is 5.32 Å². The lowest BCUT2D eigenvalue weighted by Gasteiger charge is -2.07. The number of benzene rings is 2. The molecular weight excluding hydrogens is 313 g/mol. The molecule has 0 heterocycles. The Morgan fingerprint density at radius 3 is 2.38 bits per heavy atom. The Morgan fingerprint density at radius 2 is 1.76 bits per heavy atom. The van der Waals surface area contributed by atoms with Crippen LogP contribution in [0.5, 0.6) is 5.75 Å². The molecule has 3 N–H and O–H groups in total. The van der Waals surface area contributed by atoms with Crippen LogP contribution in [0.25, 0.3) is 0 Å². The highest BCUT2D eigenvalue weighted by Gasteiger charge is 2.03. The number of carboxylic acids is 1. The van der Waals surface area contributed by atoms with Gasteiger partial charge in [-0.3, -0.25) is 0 Å². The van der Waals surface area contributed by atoms with Crippen LogP contribution in [-0.4, -0.2) is 16.2 Å². The van der Waals surface area contributed by atoms with E-state index in [-0.39, 0.29) is 23.7 Å². The molecule has 0 amide bonds. The number of rotatable bonds is 5. The summed E-state index contributed by atoms with van der Waals surface area (Å²) in [6.45, 7) is 1.05. The predicted molar refractivity (Wildman–Crippen MR) is 84.3 cm³/mol. The van der Waals surface area contributed by atoms with E-state index < -0.39 is 5.97 Å². The highest BCUT2D eigenvalue weighted by atomic mass is 35.5. The third-order valence-corrected chi connectivity index (χ3v) is 3.12. The van der Waals surface area contributed by atoms with Crippen LogP contribution in [0, 0.1) is 0 Å². The molecule has 0 aliphatic heterocycles. The van der Waals surface area contributed by atoms with Crippen molar-refractivity contribution >= 4 is 30.0 Å². The van der Waals surface area contributed by atoms with Crippen molar-refractivity contribution in [3.63, 3.8) is 0 Å². The normalized spacial score (nSPS) is 9.95. The van der Waals surface area contributed by atoms with Gasteiger partial charge >= 0.3 is 5.97 Å². The van der Waals surface area contributed by atoms with Gasteiger partial charge in [-0.15, -0.1) is 12.4 Å². The van der Waals surface area contributed by atoms with Crippen LogP contribution in [0.3, 0.4) is 0 Å². The Hall–Kier alpha value is -1.75. The van der Waals surface area contributed by atoms with Crippen molar-refractivity contribution in [1.29, 1.82) is 0 Å². The highest BCUT2D eigenvalue weighted by Crippen LogP contribution is 2.21. The van der Waals surface area contributed by atoms with Crippen LogP contribution in [0.15, 0.2) is 42.5 Å². The number of hydrogen-bond donors (Lipinski definition) is 3. The van der Waals surface area contributed by atoms with Crippen molar-refractivity contribution in [2.75, 3.05) is 0 Å². The van der Waals surface area contributed by atoms with E-state index in [1.54, 1.807) is 42.5 Å². The Labute approximate surface area is 133 Å². The van der Waals surface area contributed by atoms with Gasteiger partial charge in [0.2, 0.25) is 0 Å². The standard InChI is InChI=1S/C15H14ClNO3.ClH/c16-13-5-6-14(18)12(7-13)9-17-8-10-1-3-11(4-2-10)15(19)20;/h1-7,17-18H,8-9H2,(H,19,20);1H. The minimum absolute atomic E-state index is 0. The third kappa shape index (κ3) is 4.93. The van der Waals surface area contributed by atoms with Crippen molar-refractivity contribution in [3.8, 4) is 5.75 Å². The fourth-order valence-electron chi connectivity index (χ4n) is 1.80. The SMILES string of the molecule is Cl.O=C(O)c1ccc(CNCc2cc(Cl)ccc2O)cc1. The van der Waals surface area contributed by atoms with Gasteiger partial charge in [-0.25, -0.2) is 4.79 Å². The van der Waals surface area contributed by atoms with E-state index in [9.17, 15) is 9.90 Å². The second kappa shape index (κ2) is 7.88. The number of phenolic OH excluding ortho intramolecular Hbond substituents is 1. The first-order chi connectivity index (χ1) is 9.56. The molecule has 0 saturated heterocycles. The van der Waals surface area contributed by atoms with Crippen LogP contribution in [0.4, 0.5) is 0 Å². The fourth-order valence-corrected chi connectivity index (χ4v) is 2.00. The number of nitrogens with one attached hydrogen (secondary N) is 1. The summed E-state index contributed by atoms with van der Waals surface area (Å²) in [7, 11) is 0. The average molecular weight is 328 g/mol. The zero-order valence-electron chi connectivity index (χ0n) is 11.0. The molecule has 6 heteroatoms. The van der Waals surface area contributed by atoms with Crippen molar-refractivity contribution < 1.29 is 15.0 Å². The van der Waals surface area contributed by atoms with Gasteiger partial charge in [-0.2, -0.15) is 0 Å². The number of aromatic carboxylic acids is 1. The molecule has 0 atom stereocenters. The Morgan fingerprint density at radius 1 is 1.10 bits per heavy atom.